The lowest BCUT2D eigenvalue weighted by atomic mass is 10.0. The highest BCUT2D eigenvalue weighted by atomic mass is 19.4. The van der Waals surface area contributed by atoms with Crippen LogP contribution in [0.1, 0.15) is 41.3 Å². The second-order valence-electron chi connectivity index (χ2n) is 8.08. The Kier molecular flexibility index (Phi) is 6.52. The SMILES string of the molecule is CCCC12COC(c3ccc(C(=O)Oc4cc(F)c(C(F)(F)OC(F)(F)F)c(F)c4)c(F)c3)(OC1)O2. The second-order valence-corrected chi connectivity index (χ2v) is 8.08. The number of ether oxygens (including phenoxy) is 5. The number of halogens is 8. The van der Waals surface area contributed by atoms with Crippen LogP contribution in [0.3, 0.4) is 0 Å². The van der Waals surface area contributed by atoms with Crippen LogP contribution in [0.15, 0.2) is 30.3 Å². The van der Waals surface area contributed by atoms with Gasteiger partial charge in [0.1, 0.15) is 34.4 Å². The van der Waals surface area contributed by atoms with Gasteiger partial charge >= 0.3 is 24.4 Å². The first-order chi connectivity index (χ1) is 16.7. The molecule has 0 aliphatic carbocycles. The Morgan fingerprint density at radius 1 is 0.972 bits per heavy atom. The van der Waals surface area contributed by atoms with E-state index in [9.17, 15) is 39.9 Å². The molecule has 2 aromatic rings. The van der Waals surface area contributed by atoms with E-state index in [1.807, 2.05) is 6.92 Å². The molecule has 2 aliphatic heterocycles. The predicted molar refractivity (Wildman–Crippen MR) is 101 cm³/mol. The average molecular weight is 528 g/mol. The van der Waals surface area contributed by atoms with Gasteiger partial charge < -0.3 is 18.9 Å². The van der Waals surface area contributed by atoms with Crippen LogP contribution >= 0.6 is 0 Å². The molecule has 4 rings (SSSR count). The molecule has 2 saturated heterocycles. The van der Waals surface area contributed by atoms with Crippen LogP contribution in [0, 0.1) is 17.5 Å². The number of carbonyl (C=O) groups is 1. The molecule has 0 aromatic heterocycles. The molecule has 36 heavy (non-hydrogen) atoms. The number of esters is 1. The summed E-state index contributed by atoms with van der Waals surface area (Å²) in [6.45, 7) is 2.34. The van der Waals surface area contributed by atoms with Crippen LogP contribution in [0.5, 0.6) is 5.75 Å². The molecule has 0 N–H and O–H groups in total. The van der Waals surface area contributed by atoms with Gasteiger partial charge in [-0.05, 0) is 24.6 Å². The Morgan fingerprint density at radius 3 is 2.11 bits per heavy atom. The minimum Gasteiger partial charge on any atom is -0.423 e. The third kappa shape index (κ3) is 4.90. The maximum Gasteiger partial charge on any atom is 0.527 e. The molecule has 0 spiro atoms. The number of hydrogen-bond donors (Lipinski definition) is 0. The van der Waals surface area contributed by atoms with Crippen molar-refractivity contribution in [2.45, 2.75) is 43.8 Å². The van der Waals surface area contributed by atoms with E-state index < -0.39 is 64.3 Å². The Bertz CT molecular complexity index is 1150. The summed E-state index contributed by atoms with van der Waals surface area (Å²) in [4.78, 5) is 12.3. The molecule has 14 heteroatoms. The van der Waals surface area contributed by atoms with Gasteiger partial charge in [0.25, 0.3) is 0 Å². The fourth-order valence-electron chi connectivity index (χ4n) is 3.93. The molecule has 2 bridgehead atoms. The van der Waals surface area contributed by atoms with Crippen molar-refractivity contribution < 1.29 is 63.6 Å². The molecule has 6 nitrogen and oxygen atoms in total. The number of benzene rings is 2. The first-order valence-corrected chi connectivity index (χ1v) is 10.3. The highest BCUT2D eigenvalue weighted by Crippen LogP contribution is 2.49. The number of rotatable bonds is 7. The van der Waals surface area contributed by atoms with Gasteiger partial charge in [0.15, 0.2) is 0 Å². The summed E-state index contributed by atoms with van der Waals surface area (Å²) >= 11 is 0. The van der Waals surface area contributed by atoms with E-state index in [4.69, 9.17) is 14.2 Å². The molecule has 0 saturated carbocycles. The van der Waals surface area contributed by atoms with E-state index >= 15 is 0 Å². The van der Waals surface area contributed by atoms with E-state index in [-0.39, 0.29) is 30.9 Å². The normalized spacial score (nSPS) is 23.8. The van der Waals surface area contributed by atoms with Gasteiger partial charge in [0.05, 0.1) is 18.8 Å². The van der Waals surface area contributed by atoms with E-state index in [0.717, 1.165) is 18.6 Å². The molecule has 0 radical (unpaired) electrons. The van der Waals surface area contributed by atoms with Crippen LogP contribution in [0.2, 0.25) is 0 Å². The molecule has 0 atom stereocenters. The molecule has 0 unspecified atom stereocenters. The van der Waals surface area contributed by atoms with Crippen molar-refractivity contribution in [1.82, 2.24) is 0 Å². The highest BCUT2D eigenvalue weighted by molar-refractivity contribution is 5.91. The van der Waals surface area contributed by atoms with Crippen LogP contribution < -0.4 is 4.74 Å². The summed E-state index contributed by atoms with van der Waals surface area (Å²) in [6.07, 6.45) is -9.93. The van der Waals surface area contributed by atoms with Crippen molar-refractivity contribution in [3.63, 3.8) is 0 Å². The standard InChI is InChI=1S/C22H16F8O6/c1-2-5-19-9-32-21(35-19,33-10-19)11-3-4-13(14(23)6-11)18(31)34-12-7-15(24)17(16(25)8-12)20(26,27)36-22(28,29)30/h3-4,6-8H,2,5,9-10H2,1H3. The average Bonchev–Trinajstić information content (AvgIpc) is 3.28. The summed E-state index contributed by atoms with van der Waals surface area (Å²) < 4.78 is 130. The zero-order chi connectivity index (χ0) is 26.5. The molecule has 196 valence electrons. The first-order valence-electron chi connectivity index (χ1n) is 10.3. The summed E-state index contributed by atoms with van der Waals surface area (Å²) in [5, 5.41) is 0. The van der Waals surface area contributed by atoms with E-state index in [1.54, 1.807) is 0 Å². The molecular formula is C22H16F8O6. The van der Waals surface area contributed by atoms with Crippen molar-refractivity contribution in [1.29, 1.82) is 0 Å². The van der Waals surface area contributed by atoms with Crippen molar-refractivity contribution in [2.75, 3.05) is 13.2 Å². The van der Waals surface area contributed by atoms with Gasteiger partial charge in [0.2, 0.25) is 0 Å². The van der Waals surface area contributed by atoms with E-state index in [1.165, 1.54) is 6.07 Å². The Balaban J connectivity index is 1.52. The van der Waals surface area contributed by atoms with Gasteiger partial charge in [-0.15, -0.1) is 13.2 Å². The number of hydrogen-bond acceptors (Lipinski definition) is 6. The monoisotopic (exact) mass is 528 g/mol. The maximum atomic E-state index is 14.7. The number of carbonyl (C=O) groups excluding carboxylic acids is 1. The largest absolute Gasteiger partial charge is 0.527 e. The smallest absolute Gasteiger partial charge is 0.423 e. The van der Waals surface area contributed by atoms with Crippen molar-refractivity contribution in [3.05, 3.63) is 64.5 Å². The predicted octanol–water partition coefficient (Wildman–Crippen LogP) is 5.64. The van der Waals surface area contributed by atoms with E-state index in [2.05, 4.69) is 9.47 Å². The van der Waals surface area contributed by atoms with Crippen molar-refractivity contribution >= 4 is 5.97 Å². The zero-order valence-electron chi connectivity index (χ0n) is 18.2. The second kappa shape index (κ2) is 8.94. The topological polar surface area (TPSA) is 63.2 Å². The quantitative estimate of drug-likeness (QED) is 0.264. The Labute approximate surface area is 197 Å². The fraction of sp³-hybridized carbons (Fsp3) is 0.409. The molecule has 2 fully saturated rings. The lowest BCUT2D eigenvalue weighted by Crippen LogP contribution is -2.35. The third-order valence-electron chi connectivity index (χ3n) is 5.41. The van der Waals surface area contributed by atoms with Crippen LogP contribution in [0.25, 0.3) is 0 Å². The Morgan fingerprint density at radius 2 is 1.58 bits per heavy atom. The molecule has 2 aliphatic rings. The lowest BCUT2D eigenvalue weighted by molar-refractivity contribution is -0.432. The summed E-state index contributed by atoms with van der Waals surface area (Å²) in [5.41, 5.74) is -3.69. The Hall–Kier alpha value is -2.81. The number of fused-ring (bicyclic) bond motifs is 2. The molecule has 2 heterocycles. The summed E-state index contributed by atoms with van der Waals surface area (Å²) in [5.74, 6) is -9.75. The van der Waals surface area contributed by atoms with Crippen LogP contribution in [-0.4, -0.2) is 31.1 Å². The minimum absolute atomic E-state index is 0.0229. The van der Waals surface area contributed by atoms with Gasteiger partial charge in [-0.25, -0.2) is 22.7 Å². The first kappa shape index (κ1) is 26.3. The third-order valence-corrected chi connectivity index (χ3v) is 5.41. The van der Waals surface area contributed by atoms with Crippen LogP contribution in [0.4, 0.5) is 35.1 Å². The zero-order valence-corrected chi connectivity index (χ0v) is 18.2. The summed E-state index contributed by atoms with van der Waals surface area (Å²) in [6, 6.07) is 3.09. The summed E-state index contributed by atoms with van der Waals surface area (Å²) in [7, 11) is 0. The van der Waals surface area contributed by atoms with Crippen molar-refractivity contribution in [3.8, 4) is 5.75 Å². The highest BCUT2D eigenvalue weighted by Gasteiger charge is 2.59. The van der Waals surface area contributed by atoms with Crippen LogP contribution in [-0.2, 0) is 31.0 Å². The molecular weight excluding hydrogens is 512 g/mol. The van der Waals surface area contributed by atoms with Gasteiger partial charge in [-0.2, -0.15) is 8.78 Å². The van der Waals surface area contributed by atoms with E-state index in [0.29, 0.717) is 6.42 Å². The number of alkyl halides is 5. The fourth-order valence-corrected chi connectivity index (χ4v) is 3.93. The lowest BCUT2D eigenvalue weighted by Gasteiger charge is -2.24. The van der Waals surface area contributed by atoms with Gasteiger partial charge in [-0.1, -0.05) is 13.3 Å². The molecule has 2 aromatic carbocycles. The molecule has 0 amide bonds. The minimum atomic E-state index is -5.91. The van der Waals surface area contributed by atoms with Crippen molar-refractivity contribution in [2.24, 2.45) is 0 Å². The van der Waals surface area contributed by atoms with Gasteiger partial charge in [-0.3, -0.25) is 0 Å². The maximum absolute atomic E-state index is 14.7. The van der Waals surface area contributed by atoms with Gasteiger partial charge in [0, 0.05) is 17.7 Å².